The van der Waals surface area contributed by atoms with Gasteiger partial charge in [0, 0.05) is 11.6 Å². The molecular formula is C21H25ClN2O3S. The molecule has 3 rings (SSSR count). The minimum Gasteiger partial charge on any atom is -0.354 e. The van der Waals surface area contributed by atoms with Gasteiger partial charge in [0.25, 0.3) is 10.0 Å². The largest absolute Gasteiger partial charge is 0.354 e. The average Bonchev–Trinajstić information content (AvgIpc) is 2.72. The van der Waals surface area contributed by atoms with E-state index in [0.717, 1.165) is 17.1 Å². The van der Waals surface area contributed by atoms with Gasteiger partial charge in [0.05, 0.1) is 10.6 Å². The van der Waals surface area contributed by atoms with Gasteiger partial charge in [-0.25, -0.2) is 8.42 Å². The summed E-state index contributed by atoms with van der Waals surface area (Å²) in [5.74, 6) is 0.183. The van der Waals surface area contributed by atoms with E-state index in [1.165, 1.54) is 43.5 Å². The maximum atomic E-state index is 13.2. The third-order valence-corrected chi connectivity index (χ3v) is 7.09. The van der Waals surface area contributed by atoms with Crippen molar-refractivity contribution >= 4 is 33.2 Å². The summed E-state index contributed by atoms with van der Waals surface area (Å²) in [7, 11) is -3.90. The van der Waals surface area contributed by atoms with Crippen molar-refractivity contribution in [2.45, 2.75) is 37.0 Å². The molecule has 0 spiro atoms. The zero-order chi connectivity index (χ0) is 20.0. The monoisotopic (exact) mass is 420 g/mol. The Morgan fingerprint density at radius 1 is 1.00 bits per heavy atom. The summed E-state index contributed by atoms with van der Waals surface area (Å²) in [5.41, 5.74) is 0.449. The van der Waals surface area contributed by atoms with Crippen LogP contribution in [0.25, 0.3) is 0 Å². The highest BCUT2D eigenvalue weighted by Gasteiger charge is 2.27. The highest BCUT2D eigenvalue weighted by Crippen LogP contribution is 2.25. The van der Waals surface area contributed by atoms with Crippen LogP contribution in [0.15, 0.2) is 59.5 Å². The molecule has 1 fully saturated rings. The van der Waals surface area contributed by atoms with Crippen molar-refractivity contribution in [3.63, 3.8) is 0 Å². The number of sulfonamides is 1. The molecule has 0 atom stereocenters. The van der Waals surface area contributed by atoms with Gasteiger partial charge in [-0.2, -0.15) is 0 Å². The van der Waals surface area contributed by atoms with Crippen molar-refractivity contribution in [2.75, 3.05) is 17.4 Å². The van der Waals surface area contributed by atoms with Gasteiger partial charge >= 0.3 is 0 Å². The van der Waals surface area contributed by atoms with Gasteiger partial charge in [-0.05, 0) is 55.2 Å². The highest BCUT2D eigenvalue weighted by atomic mass is 35.5. The molecule has 2 aromatic carbocycles. The van der Waals surface area contributed by atoms with Crippen molar-refractivity contribution in [3.05, 3.63) is 59.6 Å². The summed E-state index contributed by atoms with van der Waals surface area (Å²) in [6.45, 7) is 0.337. The Bertz CT molecular complexity index is 880. The molecule has 5 nitrogen and oxygen atoms in total. The number of halogens is 1. The number of carbonyl (C=O) groups is 1. The molecule has 1 aliphatic rings. The molecular weight excluding hydrogens is 396 g/mol. The van der Waals surface area contributed by atoms with Gasteiger partial charge in [0.1, 0.15) is 6.54 Å². The molecule has 0 heterocycles. The zero-order valence-electron chi connectivity index (χ0n) is 15.7. The van der Waals surface area contributed by atoms with Crippen LogP contribution in [0, 0.1) is 5.92 Å². The SMILES string of the molecule is O=C(CN(c1ccccc1)S(=O)(=O)c1ccc(Cl)cc1)NCC1CCCCC1. The van der Waals surface area contributed by atoms with Gasteiger partial charge < -0.3 is 5.32 Å². The maximum absolute atomic E-state index is 13.2. The number of nitrogens with one attached hydrogen (secondary N) is 1. The molecule has 28 heavy (non-hydrogen) atoms. The van der Waals surface area contributed by atoms with E-state index in [2.05, 4.69) is 5.32 Å². The normalized spacial score (nSPS) is 15.2. The fourth-order valence-electron chi connectivity index (χ4n) is 3.48. The molecule has 0 aromatic heterocycles. The molecule has 1 saturated carbocycles. The van der Waals surface area contributed by atoms with E-state index in [4.69, 9.17) is 11.6 Å². The molecule has 0 saturated heterocycles. The molecule has 1 N–H and O–H groups in total. The van der Waals surface area contributed by atoms with Crippen molar-refractivity contribution in [3.8, 4) is 0 Å². The Hall–Kier alpha value is -2.05. The second kappa shape index (κ2) is 9.43. The number of para-hydroxylation sites is 1. The Morgan fingerprint density at radius 2 is 1.64 bits per heavy atom. The first-order chi connectivity index (χ1) is 13.5. The molecule has 2 aromatic rings. The number of benzene rings is 2. The van der Waals surface area contributed by atoms with Crippen LogP contribution in [-0.4, -0.2) is 27.4 Å². The van der Waals surface area contributed by atoms with Crippen molar-refractivity contribution in [1.29, 1.82) is 0 Å². The Balaban J connectivity index is 1.77. The Kier molecular flexibility index (Phi) is 6.97. The maximum Gasteiger partial charge on any atom is 0.264 e. The summed E-state index contributed by atoms with van der Waals surface area (Å²) in [4.78, 5) is 12.7. The van der Waals surface area contributed by atoms with Crippen LogP contribution in [0.1, 0.15) is 32.1 Å². The minimum atomic E-state index is -3.90. The first-order valence-corrected chi connectivity index (χ1v) is 11.4. The summed E-state index contributed by atoms with van der Waals surface area (Å²) in [6, 6.07) is 14.6. The number of nitrogens with zero attached hydrogens (tertiary/aromatic N) is 1. The molecule has 7 heteroatoms. The van der Waals surface area contributed by atoms with Crippen molar-refractivity contribution < 1.29 is 13.2 Å². The lowest BCUT2D eigenvalue weighted by molar-refractivity contribution is -0.119. The van der Waals surface area contributed by atoms with Crippen LogP contribution in [-0.2, 0) is 14.8 Å². The molecule has 0 aliphatic heterocycles. The number of hydrogen-bond donors (Lipinski definition) is 1. The van der Waals surface area contributed by atoms with Gasteiger partial charge in [-0.1, -0.05) is 49.1 Å². The van der Waals surface area contributed by atoms with Gasteiger partial charge in [0.15, 0.2) is 0 Å². The number of rotatable bonds is 7. The van der Waals surface area contributed by atoms with Crippen molar-refractivity contribution in [2.24, 2.45) is 5.92 Å². The number of amides is 1. The van der Waals surface area contributed by atoms with Crippen LogP contribution in [0.4, 0.5) is 5.69 Å². The van der Waals surface area contributed by atoms with Gasteiger partial charge in [0.2, 0.25) is 5.91 Å². The van der Waals surface area contributed by atoms with Crippen LogP contribution in [0.2, 0.25) is 5.02 Å². The molecule has 0 radical (unpaired) electrons. The summed E-state index contributed by atoms with van der Waals surface area (Å²) >= 11 is 5.89. The predicted molar refractivity (Wildman–Crippen MR) is 112 cm³/mol. The summed E-state index contributed by atoms with van der Waals surface area (Å²) < 4.78 is 27.5. The van der Waals surface area contributed by atoms with Gasteiger partial charge in [-0.15, -0.1) is 0 Å². The van der Waals surface area contributed by atoms with E-state index < -0.39 is 10.0 Å². The van der Waals surface area contributed by atoms with E-state index >= 15 is 0 Å². The summed E-state index contributed by atoms with van der Waals surface area (Å²) in [5, 5.41) is 3.37. The predicted octanol–water partition coefficient (Wildman–Crippen LogP) is 4.23. The topological polar surface area (TPSA) is 66.5 Å². The highest BCUT2D eigenvalue weighted by molar-refractivity contribution is 7.92. The number of hydrogen-bond acceptors (Lipinski definition) is 3. The van der Waals surface area contributed by atoms with Crippen LogP contribution >= 0.6 is 11.6 Å². The molecule has 1 amide bonds. The van der Waals surface area contributed by atoms with Crippen LogP contribution in [0.5, 0.6) is 0 Å². The van der Waals surface area contributed by atoms with E-state index in [1.807, 2.05) is 0 Å². The minimum absolute atomic E-state index is 0.0980. The average molecular weight is 421 g/mol. The second-order valence-corrected chi connectivity index (χ2v) is 9.41. The first-order valence-electron chi connectivity index (χ1n) is 9.57. The van der Waals surface area contributed by atoms with Crippen LogP contribution in [0.3, 0.4) is 0 Å². The quantitative estimate of drug-likeness (QED) is 0.728. The Labute approximate surface area is 171 Å². The number of anilines is 1. The fraction of sp³-hybridized carbons (Fsp3) is 0.381. The Morgan fingerprint density at radius 3 is 2.29 bits per heavy atom. The van der Waals surface area contributed by atoms with Gasteiger partial charge in [-0.3, -0.25) is 9.10 Å². The smallest absolute Gasteiger partial charge is 0.264 e. The lowest BCUT2D eigenvalue weighted by Crippen LogP contribution is -2.42. The lowest BCUT2D eigenvalue weighted by Gasteiger charge is -2.25. The van der Waals surface area contributed by atoms with Crippen LogP contribution < -0.4 is 9.62 Å². The lowest BCUT2D eigenvalue weighted by atomic mass is 9.89. The standard InChI is InChI=1S/C21H25ClN2O3S/c22-18-11-13-20(14-12-18)28(26,27)24(19-9-5-2-6-10-19)16-21(25)23-15-17-7-3-1-4-8-17/h2,5-6,9-14,17H,1,3-4,7-8,15-16H2,(H,23,25). The van der Waals surface area contributed by atoms with E-state index in [1.54, 1.807) is 30.3 Å². The third kappa shape index (κ3) is 5.26. The first kappa shape index (κ1) is 20.7. The molecule has 0 unspecified atom stereocenters. The fourth-order valence-corrected chi connectivity index (χ4v) is 5.03. The number of carbonyl (C=O) groups excluding carboxylic acids is 1. The summed E-state index contributed by atoms with van der Waals surface area (Å²) in [6.07, 6.45) is 5.88. The van der Waals surface area contributed by atoms with E-state index in [-0.39, 0.29) is 17.3 Å². The second-order valence-electron chi connectivity index (χ2n) is 7.11. The molecule has 150 valence electrons. The molecule has 1 aliphatic carbocycles. The van der Waals surface area contributed by atoms with Crippen molar-refractivity contribution in [1.82, 2.24) is 5.32 Å². The van der Waals surface area contributed by atoms with E-state index in [9.17, 15) is 13.2 Å². The molecule has 0 bridgehead atoms. The van der Waals surface area contributed by atoms with E-state index in [0.29, 0.717) is 23.2 Å². The third-order valence-electron chi connectivity index (χ3n) is 5.05. The zero-order valence-corrected chi connectivity index (χ0v) is 17.3.